The summed E-state index contributed by atoms with van der Waals surface area (Å²) < 4.78 is 0. The Morgan fingerprint density at radius 2 is 1.69 bits per heavy atom. The van der Waals surface area contributed by atoms with Gasteiger partial charge in [0.2, 0.25) is 5.91 Å². The largest absolute Gasteiger partial charge is 0.508 e. The van der Waals surface area contributed by atoms with Gasteiger partial charge >= 0.3 is 0 Å². The second kappa shape index (κ2) is 8.23. The van der Waals surface area contributed by atoms with Crippen molar-refractivity contribution in [2.75, 3.05) is 26.2 Å². The summed E-state index contributed by atoms with van der Waals surface area (Å²) in [6.07, 6.45) is 0.852. The zero-order valence-corrected chi connectivity index (χ0v) is 15.2. The molecule has 0 spiro atoms. The Kier molecular flexibility index (Phi) is 5.78. The Balaban J connectivity index is 1.45. The van der Waals surface area contributed by atoms with Crippen LogP contribution in [0.15, 0.2) is 42.5 Å². The fourth-order valence-electron chi connectivity index (χ4n) is 3.27. The van der Waals surface area contributed by atoms with Crippen molar-refractivity contribution in [2.24, 2.45) is 0 Å². The van der Waals surface area contributed by atoms with E-state index in [1.54, 1.807) is 6.07 Å². The summed E-state index contributed by atoms with van der Waals surface area (Å²) >= 11 is 0. The van der Waals surface area contributed by atoms with Gasteiger partial charge in [-0.2, -0.15) is 0 Å². The minimum atomic E-state index is 0.0299. The first-order valence-electron chi connectivity index (χ1n) is 9.08. The SMILES string of the molecule is Cc1ccc(CN2CCN(C(=O)CCc3ccc(O)cc3O)CC2)cc1. The Morgan fingerprint density at radius 3 is 2.35 bits per heavy atom. The average molecular weight is 354 g/mol. The van der Waals surface area contributed by atoms with E-state index in [9.17, 15) is 15.0 Å². The predicted octanol–water partition coefficient (Wildman–Crippen LogP) is 2.68. The van der Waals surface area contributed by atoms with Crippen molar-refractivity contribution in [1.82, 2.24) is 9.80 Å². The number of nitrogens with zero attached hydrogens (tertiary/aromatic N) is 2. The quantitative estimate of drug-likeness (QED) is 0.867. The van der Waals surface area contributed by atoms with Crippen LogP contribution in [-0.2, 0) is 17.8 Å². The number of benzene rings is 2. The van der Waals surface area contributed by atoms with Crippen molar-refractivity contribution < 1.29 is 15.0 Å². The lowest BCUT2D eigenvalue weighted by molar-refractivity contribution is -0.133. The van der Waals surface area contributed by atoms with Gasteiger partial charge in [-0.1, -0.05) is 35.9 Å². The number of phenols is 2. The molecular formula is C21H26N2O3. The van der Waals surface area contributed by atoms with E-state index in [0.717, 1.165) is 32.7 Å². The number of piperazine rings is 1. The lowest BCUT2D eigenvalue weighted by Crippen LogP contribution is -2.48. The molecular weight excluding hydrogens is 328 g/mol. The van der Waals surface area contributed by atoms with Crippen LogP contribution >= 0.6 is 0 Å². The molecule has 3 rings (SSSR count). The number of aromatic hydroxyl groups is 2. The van der Waals surface area contributed by atoms with Crippen LogP contribution in [0.4, 0.5) is 0 Å². The molecule has 1 fully saturated rings. The molecule has 138 valence electrons. The summed E-state index contributed by atoms with van der Waals surface area (Å²) in [4.78, 5) is 16.7. The maximum atomic E-state index is 12.4. The van der Waals surface area contributed by atoms with Crippen molar-refractivity contribution in [3.8, 4) is 11.5 Å². The number of rotatable bonds is 5. The second-order valence-electron chi connectivity index (χ2n) is 6.96. The summed E-state index contributed by atoms with van der Waals surface area (Å²) in [7, 11) is 0. The van der Waals surface area contributed by atoms with Gasteiger partial charge in [-0.15, -0.1) is 0 Å². The fourth-order valence-corrected chi connectivity index (χ4v) is 3.27. The molecule has 0 aromatic heterocycles. The highest BCUT2D eigenvalue weighted by Crippen LogP contribution is 2.24. The van der Waals surface area contributed by atoms with Crippen LogP contribution in [0.25, 0.3) is 0 Å². The third kappa shape index (κ3) is 4.76. The van der Waals surface area contributed by atoms with Gasteiger partial charge in [0.1, 0.15) is 11.5 Å². The van der Waals surface area contributed by atoms with E-state index in [1.807, 2.05) is 4.90 Å². The number of aryl methyl sites for hydroxylation is 2. The minimum Gasteiger partial charge on any atom is -0.508 e. The standard InChI is InChI=1S/C21H26N2O3/c1-16-2-4-17(5-3-16)15-22-10-12-23(13-11-22)21(26)9-7-18-6-8-19(24)14-20(18)25/h2-6,8,14,24-25H,7,9-13,15H2,1H3. The van der Waals surface area contributed by atoms with Crippen LogP contribution in [-0.4, -0.2) is 52.1 Å². The molecule has 5 nitrogen and oxygen atoms in total. The smallest absolute Gasteiger partial charge is 0.222 e. The Bertz CT molecular complexity index is 750. The molecule has 5 heteroatoms. The monoisotopic (exact) mass is 354 g/mol. The number of phenolic OH excluding ortho intramolecular Hbond substituents is 2. The molecule has 0 bridgehead atoms. The molecule has 0 atom stereocenters. The number of carbonyl (C=O) groups excluding carboxylic acids is 1. The van der Waals surface area contributed by atoms with Gasteiger partial charge in [-0.05, 0) is 30.5 Å². The third-order valence-electron chi connectivity index (χ3n) is 4.93. The predicted molar refractivity (Wildman–Crippen MR) is 101 cm³/mol. The van der Waals surface area contributed by atoms with E-state index in [-0.39, 0.29) is 17.4 Å². The van der Waals surface area contributed by atoms with Crippen molar-refractivity contribution in [3.63, 3.8) is 0 Å². The molecule has 1 amide bonds. The summed E-state index contributed by atoms with van der Waals surface area (Å²) in [6, 6.07) is 13.1. The lowest BCUT2D eigenvalue weighted by atomic mass is 10.1. The first-order valence-corrected chi connectivity index (χ1v) is 9.08. The molecule has 2 N–H and O–H groups in total. The topological polar surface area (TPSA) is 64.0 Å². The number of hydrogen-bond acceptors (Lipinski definition) is 4. The van der Waals surface area contributed by atoms with Crippen LogP contribution in [0.1, 0.15) is 23.1 Å². The molecule has 1 saturated heterocycles. The van der Waals surface area contributed by atoms with Crippen molar-refractivity contribution >= 4 is 5.91 Å². The molecule has 0 saturated carbocycles. The van der Waals surface area contributed by atoms with Crippen LogP contribution in [0.5, 0.6) is 11.5 Å². The maximum absolute atomic E-state index is 12.4. The molecule has 0 unspecified atom stereocenters. The van der Waals surface area contributed by atoms with E-state index in [4.69, 9.17) is 0 Å². The summed E-state index contributed by atoms with van der Waals surface area (Å²) in [6.45, 7) is 6.25. The molecule has 2 aromatic rings. The van der Waals surface area contributed by atoms with Crippen LogP contribution in [0.3, 0.4) is 0 Å². The molecule has 0 radical (unpaired) electrons. The summed E-state index contributed by atoms with van der Waals surface area (Å²) in [5.41, 5.74) is 3.26. The van der Waals surface area contributed by atoms with Gasteiger partial charge in [0.05, 0.1) is 0 Å². The highest BCUT2D eigenvalue weighted by molar-refractivity contribution is 5.76. The first-order chi connectivity index (χ1) is 12.5. The highest BCUT2D eigenvalue weighted by Gasteiger charge is 2.21. The zero-order valence-electron chi connectivity index (χ0n) is 15.2. The molecule has 1 aliphatic rings. The Labute approximate surface area is 154 Å². The zero-order chi connectivity index (χ0) is 18.5. The van der Waals surface area contributed by atoms with E-state index >= 15 is 0 Å². The third-order valence-corrected chi connectivity index (χ3v) is 4.93. The molecule has 1 aliphatic heterocycles. The van der Waals surface area contributed by atoms with Gasteiger partial charge in [-0.25, -0.2) is 0 Å². The van der Waals surface area contributed by atoms with Crippen molar-refractivity contribution in [1.29, 1.82) is 0 Å². The van der Waals surface area contributed by atoms with Crippen molar-refractivity contribution in [2.45, 2.75) is 26.3 Å². The van der Waals surface area contributed by atoms with E-state index < -0.39 is 0 Å². The van der Waals surface area contributed by atoms with Gasteiger partial charge in [0.25, 0.3) is 0 Å². The maximum Gasteiger partial charge on any atom is 0.222 e. The van der Waals surface area contributed by atoms with Gasteiger partial charge in [0, 0.05) is 45.2 Å². The number of carbonyl (C=O) groups is 1. The van der Waals surface area contributed by atoms with E-state index in [1.165, 1.54) is 23.3 Å². The fraction of sp³-hybridized carbons (Fsp3) is 0.381. The van der Waals surface area contributed by atoms with Crippen molar-refractivity contribution in [3.05, 3.63) is 59.2 Å². The first kappa shape index (κ1) is 18.3. The Hall–Kier alpha value is -2.53. The average Bonchev–Trinajstić information content (AvgIpc) is 2.63. The second-order valence-corrected chi connectivity index (χ2v) is 6.96. The lowest BCUT2D eigenvalue weighted by Gasteiger charge is -2.35. The van der Waals surface area contributed by atoms with Gasteiger partial charge in [0.15, 0.2) is 0 Å². The van der Waals surface area contributed by atoms with Gasteiger partial charge < -0.3 is 15.1 Å². The number of hydrogen-bond donors (Lipinski definition) is 2. The van der Waals surface area contributed by atoms with Crippen LogP contribution in [0.2, 0.25) is 0 Å². The molecule has 26 heavy (non-hydrogen) atoms. The molecule has 1 heterocycles. The molecule has 2 aromatic carbocycles. The summed E-state index contributed by atoms with van der Waals surface area (Å²) in [5, 5.41) is 19.1. The van der Waals surface area contributed by atoms with Crippen LogP contribution in [0, 0.1) is 6.92 Å². The van der Waals surface area contributed by atoms with E-state index in [0.29, 0.717) is 18.4 Å². The van der Waals surface area contributed by atoms with Gasteiger partial charge in [-0.3, -0.25) is 9.69 Å². The molecule has 0 aliphatic carbocycles. The normalized spacial score (nSPS) is 15.2. The highest BCUT2D eigenvalue weighted by atomic mass is 16.3. The summed E-state index contributed by atoms with van der Waals surface area (Å²) in [5.74, 6) is 0.190. The minimum absolute atomic E-state index is 0.0299. The number of amides is 1. The van der Waals surface area contributed by atoms with E-state index in [2.05, 4.69) is 36.1 Å². The van der Waals surface area contributed by atoms with Crippen LogP contribution < -0.4 is 0 Å². The Morgan fingerprint density at radius 1 is 1.00 bits per heavy atom.